The fraction of sp³-hybridized carbons (Fsp3) is 0.556. The highest BCUT2D eigenvalue weighted by atomic mass is 16.6. The van der Waals surface area contributed by atoms with Crippen LogP contribution in [0, 0.1) is 10.1 Å². The fourth-order valence-corrected chi connectivity index (χ4v) is 2.89. The Morgan fingerprint density at radius 2 is 1.89 bits per heavy atom. The lowest BCUT2D eigenvalue weighted by molar-refractivity contribution is -0.384. The third-order valence-electron chi connectivity index (χ3n) is 4.46. The van der Waals surface area contributed by atoms with Crippen molar-refractivity contribution in [1.82, 2.24) is 10.2 Å². The van der Waals surface area contributed by atoms with Gasteiger partial charge in [0.2, 0.25) is 5.91 Å². The Hall–Kier alpha value is -2.68. The van der Waals surface area contributed by atoms with Gasteiger partial charge in [0.05, 0.1) is 11.0 Å². The number of nitro groups is 1. The normalized spacial score (nSPS) is 14.6. The van der Waals surface area contributed by atoms with Crippen molar-refractivity contribution in [2.45, 2.75) is 44.8 Å². The molecule has 0 bridgehead atoms. The topological polar surface area (TPSA) is 128 Å². The number of amides is 2. The molecule has 0 saturated carbocycles. The predicted octanol–water partition coefficient (Wildman–Crippen LogP) is 1.94. The van der Waals surface area contributed by atoms with Gasteiger partial charge in [0.25, 0.3) is 5.69 Å². The van der Waals surface area contributed by atoms with Crippen LogP contribution in [-0.4, -0.2) is 47.5 Å². The first-order valence-corrected chi connectivity index (χ1v) is 9.15. The summed E-state index contributed by atoms with van der Waals surface area (Å²) in [5, 5.41) is 13.2. The number of likely N-dealkylation sites (tertiary alicyclic amines) is 1. The van der Waals surface area contributed by atoms with Crippen LogP contribution in [0.2, 0.25) is 0 Å². The summed E-state index contributed by atoms with van der Waals surface area (Å²) in [6.45, 7) is 2.08. The lowest BCUT2D eigenvalue weighted by atomic mass is 10.1. The van der Waals surface area contributed by atoms with Crippen LogP contribution in [0.15, 0.2) is 24.3 Å². The van der Waals surface area contributed by atoms with E-state index in [2.05, 4.69) is 5.32 Å². The van der Waals surface area contributed by atoms with Crippen molar-refractivity contribution in [2.24, 2.45) is 5.73 Å². The van der Waals surface area contributed by atoms with Gasteiger partial charge in [-0.3, -0.25) is 14.9 Å². The molecule has 1 fully saturated rings. The van der Waals surface area contributed by atoms with E-state index in [1.54, 1.807) is 12.1 Å². The van der Waals surface area contributed by atoms with Gasteiger partial charge in [0.15, 0.2) is 0 Å². The van der Waals surface area contributed by atoms with Gasteiger partial charge in [-0.15, -0.1) is 0 Å². The molecule has 1 aliphatic rings. The second-order valence-corrected chi connectivity index (χ2v) is 6.56. The number of ether oxygens (including phenoxy) is 1. The zero-order valence-corrected chi connectivity index (χ0v) is 15.3. The minimum Gasteiger partial charge on any atom is -0.445 e. The summed E-state index contributed by atoms with van der Waals surface area (Å²) in [5.74, 6) is 0.0166. The minimum absolute atomic E-state index is 0.00961. The van der Waals surface area contributed by atoms with Crippen LogP contribution in [0.4, 0.5) is 10.5 Å². The summed E-state index contributed by atoms with van der Waals surface area (Å²) >= 11 is 0. The van der Waals surface area contributed by atoms with E-state index in [0.717, 1.165) is 32.4 Å². The number of hydrogen-bond acceptors (Lipinski definition) is 6. The number of non-ortho nitro benzene ring substituents is 1. The van der Waals surface area contributed by atoms with Gasteiger partial charge < -0.3 is 20.7 Å². The molecule has 0 radical (unpaired) electrons. The highest BCUT2D eigenvalue weighted by Gasteiger charge is 2.23. The number of unbranched alkanes of at least 4 members (excludes halogenated alkanes) is 1. The van der Waals surface area contributed by atoms with Gasteiger partial charge in [-0.25, -0.2) is 4.79 Å². The second-order valence-electron chi connectivity index (χ2n) is 6.56. The molecule has 0 aromatic heterocycles. The molecule has 148 valence electrons. The van der Waals surface area contributed by atoms with Crippen molar-refractivity contribution in [1.29, 1.82) is 0 Å². The van der Waals surface area contributed by atoms with Crippen molar-refractivity contribution >= 4 is 17.7 Å². The van der Waals surface area contributed by atoms with Gasteiger partial charge in [0.1, 0.15) is 6.61 Å². The molecule has 0 aliphatic carbocycles. The monoisotopic (exact) mass is 378 g/mol. The summed E-state index contributed by atoms with van der Waals surface area (Å²) in [6.07, 6.45) is 3.58. The van der Waals surface area contributed by atoms with E-state index in [9.17, 15) is 19.7 Å². The number of nitro benzene ring substituents is 1. The van der Waals surface area contributed by atoms with Gasteiger partial charge >= 0.3 is 6.09 Å². The maximum Gasteiger partial charge on any atom is 0.407 e. The van der Waals surface area contributed by atoms with Crippen molar-refractivity contribution in [3.05, 3.63) is 39.9 Å². The molecule has 1 aromatic carbocycles. The lowest BCUT2D eigenvalue weighted by Crippen LogP contribution is -2.42. The van der Waals surface area contributed by atoms with E-state index in [4.69, 9.17) is 10.5 Å². The predicted molar refractivity (Wildman–Crippen MR) is 98.9 cm³/mol. The third-order valence-corrected chi connectivity index (χ3v) is 4.46. The maximum absolute atomic E-state index is 12.1. The number of nitrogens with zero attached hydrogens (tertiary/aromatic N) is 2. The molecule has 2 rings (SSSR count). The Bertz CT molecular complexity index is 644. The third kappa shape index (κ3) is 6.86. The molecule has 1 aliphatic heterocycles. The number of nitrogens with two attached hydrogens (primary N) is 1. The molecule has 1 aromatic rings. The highest BCUT2D eigenvalue weighted by molar-refractivity contribution is 5.81. The van der Waals surface area contributed by atoms with Crippen LogP contribution < -0.4 is 11.1 Å². The molecule has 0 unspecified atom stereocenters. The second kappa shape index (κ2) is 10.5. The summed E-state index contributed by atoms with van der Waals surface area (Å²) in [7, 11) is 0. The van der Waals surface area contributed by atoms with Crippen molar-refractivity contribution in [3.63, 3.8) is 0 Å². The molecule has 9 nitrogen and oxygen atoms in total. The molecule has 3 N–H and O–H groups in total. The Labute approximate surface area is 158 Å². The molecule has 27 heavy (non-hydrogen) atoms. The van der Waals surface area contributed by atoms with Gasteiger partial charge in [-0.2, -0.15) is 0 Å². The van der Waals surface area contributed by atoms with E-state index < -0.39 is 17.1 Å². The van der Waals surface area contributed by atoms with Crippen molar-refractivity contribution < 1.29 is 19.2 Å². The number of rotatable bonds is 9. The summed E-state index contributed by atoms with van der Waals surface area (Å²) in [4.78, 5) is 35.6. The van der Waals surface area contributed by atoms with Crippen LogP contribution in [0.3, 0.4) is 0 Å². The van der Waals surface area contributed by atoms with Crippen LogP contribution in [0.25, 0.3) is 0 Å². The zero-order chi connectivity index (χ0) is 19.6. The van der Waals surface area contributed by atoms with Gasteiger partial charge in [0, 0.05) is 31.8 Å². The number of nitrogens with one attached hydrogen (secondary N) is 1. The van der Waals surface area contributed by atoms with Crippen LogP contribution in [-0.2, 0) is 16.1 Å². The van der Waals surface area contributed by atoms with Crippen molar-refractivity contribution in [2.75, 3.05) is 19.6 Å². The molecular formula is C18H26N4O5. The van der Waals surface area contributed by atoms with Crippen LogP contribution in [0.1, 0.15) is 37.7 Å². The highest BCUT2D eigenvalue weighted by Crippen LogP contribution is 2.13. The van der Waals surface area contributed by atoms with Crippen LogP contribution in [0.5, 0.6) is 0 Å². The maximum atomic E-state index is 12.1. The Balaban J connectivity index is 1.55. The molecule has 1 heterocycles. The molecule has 1 saturated heterocycles. The van der Waals surface area contributed by atoms with E-state index in [1.165, 1.54) is 12.1 Å². The SMILES string of the molecule is N[C@@H](CCCCNC(=O)OCc1ccc([N+](=O)[O-])cc1)C(=O)N1CCCC1. The number of hydrogen-bond donors (Lipinski definition) is 2. The number of carbonyl (C=O) groups excluding carboxylic acids is 2. The molecule has 0 spiro atoms. The van der Waals surface area contributed by atoms with Crippen LogP contribution >= 0.6 is 0 Å². The Kier molecular flexibility index (Phi) is 8.00. The average Bonchev–Trinajstić information content (AvgIpc) is 3.20. The minimum atomic E-state index is -0.550. The standard InChI is InChI=1S/C18H26N4O5/c19-16(17(23)21-11-3-4-12-21)5-1-2-10-20-18(24)27-13-14-6-8-15(9-7-14)22(25)26/h6-9,16H,1-5,10-13,19H2,(H,20,24)/t16-/m0/s1. The van der Waals surface area contributed by atoms with E-state index in [0.29, 0.717) is 24.9 Å². The quantitative estimate of drug-likeness (QED) is 0.384. The fourth-order valence-electron chi connectivity index (χ4n) is 2.89. The Morgan fingerprint density at radius 1 is 1.22 bits per heavy atom. The lowest BCUT2D eigenvalue weighted by Gasteiger charge is -2.20. The van der Waals surface area contributed by atoms with Gasteiger partial charge in [-0.1, -0.05) is 0 Å². The first-order chi connectivity index (χ1) is 13.0. The summed E-state index contributed by atoms with van der Waals surface area (Å²) in [5.41, 5.74) is 6.59. The van der Waals surface area contributed by atoms with E-state index in [1.807, 2.05) is 4.90 Å². The Morgan fingerprint density at radius 3 is 2.52 bits per heavy atom. The smallest absolute Gasteiger partial charge is 0.407 e. The molecular weight excluding hydrogens is 352 g/mol. The summed E-state index contributed by atoms with van der Waals surface area (Å²) < 4.78 is 5.06. The number of benzene rings is 1. The largest absolute Gasteiger partial charge is 0.445 e. The van der Waals surface area contributed by atoms with E-state index in [-0.39, 0.29) is 18.2 Å². The molecule has 2 amide bonds. The number of alkyl carbamates (subject to hydrolysis) is 1. The first-order valence-electron chi connectivity index (χ1n) is 9.15. The van der Waals surface area contributed by atoms with E-state index >= 15 is 0 Å². The first kappa shape index (κ1) is 20.6. The molecule has 9 heteroatoms. The zero-order valence-electron chi connectivity index (χ0n) is 15.3. The summed E-state index contributed by atoms with van der Waals surface area (Å²) in [6, 6.07) is 5.35. The average molecular weight is 378 g/mol. The molecule has 1 atom stereocenters. The van der Waals surface area contributed by atoms with Gasteiger partial charge in [-0.05, 0) is 49.8 Å². The van der Waals surface area contributed by atoms with Crippen molar-refractivity contribution in [3.8, 4) is 0 Å². The number of carbonyl (C=O) groups is 2.